The van der Waals surface area contributed by atoms with Crippen molar-refractivity contribution in [2.24, 2.45) is 0 Å². The highest BCUT2D eigenvalue weighted by molar-refractivity contribution is 5.87. The number of pyridine rings is 1. The molecule has 2 heterocycles. The van der Waals surface area contributed by atoms with E-state index in [1.807, 2.05) is 42.5 Å². The van der Waals surface area contributed by atoms with Gasteiger partial charge in [0, 0.05) is 18.7 Å². The second kappa shape index (κ2) is 7.79. The van der Waals surface area contributed by atoms with Crippen LogP contribution in [0.25, 0.3) is 0 Å². The van der Waals surface area contributed by atoms with Crippen molar-refractivity contribution in [1.82, 2.24) is 4.98 Å². The van der Waals surface area contributed by atoms with Gasteiger partial charge in [0.2, 0.25) is 0 Å². The molecular weight excluding hydrogens is 320 g/mol. The number of rotatable bonds is 5. The average Bonchev–Trinajstić information content (AvgIpc) is 2.64. The molecule has 1 aromatic heterocycles. The van der Waals surface area contributed by atoms with E-state index in [1.165, 1.54) is 0 Å². The number of aromatic nitrogens is 1. The molecule has 6 heteroatoms. The number of aliphatic carboxylic acids is 1. The summed E-state index contributed by atoms with van der Waals surface area (Å²) in [5.74, 6) is -0.272. The fourth-order valence-corrected chi connectivity index (χ4v) is 2.83. The number of nitrogens with zero attached hydrogens (tertiary/aromatic N) is 2. The van der Waals surface area contributed by atoms with Gasteiger partial charge in [-0.2, -0.15) is 0 Å². The predicted molar refractivity (Wildman–Crippen MR) is 92.5 cm³/mol. The van der Waals surface area contributed by atoms with Crippen LogP contribution in [0.3, 0.4) is 0 Å². The Labute approximate surface area is 146 Å². The van der Waals surface area contributed by atoms with Crippen LogP contribution in [0.4, 0.5) is 10.6 Å². The summed E-state index contributed by atoms with van der Waals surface area (Å²) in [5.41, 5.74) is 2.59. The van der Waals surface area contributed by atoms with E-state index in [0.717, 1.165) is 24.0 Å². The normalized spacial score (nSPS) is 13.2. The third-order valence-electron chi connectivity index (χ3n) is 4.12. The quantitative estimate of drug-likeness (QED) is 0.904. The molecule has 0 saturated carbocycles. The second-order valence-corrected chi connectivity index (χ2v) is 5.97. The smallest absolute Gasteiger partial charge is 0.415 e. The van der Waals surface area contributed by atoms with E-state index >= 15 is 0 Å². The van der Waals surface area contributed by atoms with Crippen LogP contribution < -0.4 is 4.90 Å². The monoisotopic (exact) mass is 340 g/mol. The van der Waals surface area contributed by atoms with E-state index < -0.39 is 12.1 Å². The molecule has 0 atom stereocenters. The molecule has 0 unspecified atom stereocenters. The number of carbonyl (C=O) groups excluding carboxylic acids is 1. The number of ether oxygens (including phenoxy) is 1. The van der Waals surface area contributed by atoms with Gasteiger partial charge in [-0.1, -0.05) is 36.4 Å². The third kappa shape index (κ3) is 4.35. The number of carboxylic acid groups (broad SMARTS) is 1. The molecule has 0 spiro atoms. The van der Waals surface area contributed by atoms with Gasteiger partial charge in [-0.3, -0.25) is 9.69 Å². The number of anilines is 1. The molecule has 0 bridgehead atoms. The van der Waals surface area contributed by atoms with Crippen molar-refractivity contribution >= 4 is 17.9 Å². The Balaban J connectivity index is 1.71. The van der Waals surface area contributed by atoms with Crippen molar-refractivity contribution in [3.63, 3.8) is 0 Å². The van der Waals surface area contributed by atoms with Crippen molar-refractivity contribution in [3.05, 3.63) is 59.3 Å². The summed E-state index contributed by atoms with van der Waals surface area (Å²) >= 11 is 0. The first-order valence-electron chi connectivity index (χ1n) is 8.32. The lowest BCUT2D eigenvalue weighted by molar-refractivity contribution is -0.136. The van der Waals surface area contributed by atoms with E-state index in [2.05, 4.69) is 4.98 Å². The first kappa shape index (κ1) is 17.0. The molecule has 0 aliphatic carbocycles. The maximum Gasteiger partial charge on any atom is 0.415 e. The van der Waals surface area contributed by atoms with Gasteiger partial charge < -0.3 is 9.84 Å². The molecular formula is C19H20N2O4. The summed E-state index contributed by atoms with van der Waals surface area (Å²) in [4.78, 5) is 29.3. The number of aryl methyl sites for hydroxylation is 2. The molecule has 1 aromatic carbocycles. The molecule has 3 rings (SSSR count). The topological polar surface area (TPSA) is 79.7 Å². The third-order valence-corrected chi connectivity index (χ3v) is 4.12. The Bertz CT molecular complexity index is 761. The van der Waals surface area contributed by atoms with Crippen LogP contribution in [0.5, 0.6) is 0 Å². The zero-order chi connectivity index (χ0) is 17.6. The zero-order valence-corrected chi connectivity index (χ0v) is 13.9. The fourth-order valence-electron chi connectivity index (χ4n) is 2.83. The van der Waals surface area contributed by atoms with Crippen LogP contribution >= 0.6 is 0 Å². The van der Waals surface area contributed by atoms with Crippen molar-refractivity contribution in [1.29, 1.82) is 0 Å². The van der Waals surface area contributed by atoms with Crippen LogP contribution in [0.1, 0.15) is 29.7 Å². The van der Waals surface area contributed by atoms with Crippen molar-refractivity contribution in [3.8, 4) is 0 Å². The van der Waals surface area contributed by atoms with Crippen LogP contribution in [-0.2, 0) is 29.0 Å². The van der Waals surface area contributed by atoms with E-state index in [4.69, 9.17) is 9.84 Å². The summed E-state index contributed by atoms with van der Waals surface area (Å²) in [6.45, 7) is 0.764. The van der Waals surface area contributed by atoms with Gasteiger partial charge in [0.25, 0.3) is 0 Å². The van der Waals surface area contributed by atoms with Crippen molar-refractivity contribution < 1.29 is 19.4 Å². The maximum absolute atomic E-state index is 12.5. The average molecular weight is 340 g/mol. The van der Waals surface area contributed by atoms with Crippen LogP contribution in [0.2, 0.25) is 0 Å². The maximum atomic E-state index is 12.5. The summed E-state index contributed by atoms with van der Waals surface area (Å²) in [7, 11) is 0. The minimum absolute atomic E-state index is 0.0181. The summed E-state index contributed by atoms with van der Waals surface area (Å²) in [6.07, 6.45) is 1.64. The first-order valence-corrected chi connectivity index (χ1v) is 8.32. The Morgan fingerprint density at radius 3 is 2.72 bits per heavy atom. The van der Waals surface area contributed by atoms with E-state index in [9.17, 15) is 9.59 Å². The minimum Gasteiger partial charge on any atom is -0.481 e. The molecule has 0 saturated heterocycles. The van der Waals surface area contributed by atoms with Gasteiger partial charge in [0.05, 0.1) is 6.42 Å². The highest BCUT2D eigenvalue weighted by Crippen LogP contribution is 2.26. The molecule has 2 aromatic rings. The first-order chi connectivity index (χ1) is 12.1. The Morgan fingerprint density at radius 1 is 1.16 bits per heavy atom. The van der Waals surface area contributed by atoms with Gasteiger partial charge in [0.15, 0.2) is 0 Å². The van der Waals surface area contributed by atoms with Gasteiger partial charge >= 0.3 is 12.1 Å². The fraction of sp³-hybridized carbons (Fsp3) is 0.316. The van der Waals surface area contributed by atoms with E-state index in [-0.39, 0.29) is 13.0 Å². The van der Waals surface area contributed by atoms with Crippen molar-refractivity contribution in [2.75, 3.05) is 11.4 Å². The molecule has 0 fully saturated rings. The summed E-state index contributed by atoms with van der Waals surface area (Å²) in [6, 6.07) is 13.3. The summed E-state index contributed by atoms with van der Waals surface area (Å²) < 4.78 is 5.42. The molecule has 1 aliphatic heterocycles. The number of carboxylic acids is 1. The lowest BCUT2D eigenvalue weighted by Crippen LogP contribution is -2.36. The van der Waals surface area contributed by atoms with E-state index in [0.29, 0.717) is 24.5 Å². The predicted octanol–water partition coefficient (Wildman–Crippen LogP) is 3.19. The van der Waals surface area contributed by atoms with Gasteiger partial charge in [-0.15, -0.1) is 0 Å². The van der Waals surface area contributed by atoms with Crippen LogP contribution in [0, 0.1) is 0 Å². The Kier molecular flexibility index (Phi) is 5.28. The van der Waals surface area contributed by atoms with Crippen LogP contribution in [0.15, 0.2) is 42.5 Å². The Morgan fingerprint density at radius 2 is 1.96 bits per heavy atom. The molecule has 1 N–H and O–H groups in total. The highest BCUT2D eigenvalue weighted by Gasteiger charge is 2.25. The standard InChI is InChI=1S/C19H20N2O4/c22-17(23)11-10-16-9-8-15-7-4-12-21(18(15)20-16)19(24)25-13-14-5-2-1-3-6-14/h1-3,5-6,8-9H,4,7,10-13H2,(H,22,23). The summed E-state index contributed by atoms with van der Waals surface area (Å²) in [5, 5.41) is 8.82. The van der Waals surface area contributed by atoms with Crippen LogP contribution in [-0.4, -0.2) is 28.7 Å². The SMILES string of the molecule is O=C(O)CCc1ccc2c(n1)N(C(=O)OCc1ccccc1)CCC2. The second-order valence-electron chi connectivity index (χ2n) is 5.97. The van der Waals surface area contributed by atoms with Gasteiger partial charge in [-0.05, 0) is 30.0 Å². The molecule has 25 heavy (non-hydrogen) atoms. The number of hydrogen-bond donors (Lipinski definition) is 1. The molecule has 130 valence electrons. The minimum atomic E-state index is -0.862. The van der Waals surface area contributed by atoms with E-state index in [1.54, 1.807) is 4.90 Å². The zero-order valence-electron chi connectivity index (χ0n) is 13.9. The van der Waals surface area contributed by atoms with Gasteiger partial charge in [0.1, 0.15) is 12.4 Å². The molecule has 6 nitrogen and oxygen atoms in total. The Hall–Kier alpha value is -2.89. The van der Waals surface area contributed by atoms with Crippen molar-refractivity contribution in [2.45, 2.75) is 32.3 Å². The number of fused-ring (bicyclic) bond motifs is 1. The lowest BCUT2D eigenvalue weighted by atomic mass is 10.0. The largest absolute Gasteiger partial charge is 0.481 e. The highest BCUT2D eigenvalue weighted by atomic mass is 16.6. The molecule has 1 amide bonds. The molecule has 0 radical (unpaired) electrons. The molecule has 1 aliphatic rings. The lowest BCUT2D eigenvalue weighted by Gasteiger charge is -2.28. The number of benzene rings is 1. The number of amides is 1. The number of carbonyl (C=O) groups is 2. The van der Waals surface area contributed by atoms with Gasteiger partial charge in [-0.25, -0.2) is 9.78 Å². The number of hydrogen-bond acceptors (Lipinski definition) is 4.